The van der Waals surface area contributed by atoms with Crippen LogP contribution in [0.15, 0.2) is 30.3 Å². The number of rotatable bonds is 0. The Morgan fingerprint density at radius 2 is 1.94 bits per heavy atom. The second kappa shape index (κ2) is 3.19. The van der Waals surface area contributed by atoms with Gasteiger partial charge in [-0.1, -0.05) is 11.3 Å². The van der Waals surface area contributed by atoms with E-state index in [1.807, 2.05) is 12.1 Å². The summed E-state index contributed by atoms with van der Waals surface area (Å²) in [4.78, 5) is 1.28. The molecule has 3 aromatic rings. The average molecular weight is 229 g/mol. The van der Waals surface area contributed by atoms with E-state index in [-0.39, 0.29) is 0 Å². The van der Waals surface area contributed by atoms with Gasteiger partial charge in [-0.25, -0.2) is 0 Å². The van der Waals surface area contributed by atoms with Crippen molar-refractivity contribution in [1.29, 1.82) is 0 Å². The zero-order valence-electron chi connectivity index (χ0n) is 9.32. The van der Waals surface area contributed by atoms with E-state index < -0.39 is 0 Å². The number of hydrogen-bond acceptors (Lipinski definition) is 2. The molecule has 3 heteroatoms. The predicted molar refractivity (Wildman–Crippen MR) is 68.9 cm³/mol. The number of hydrogen-bond donors (Lipinski definition) is 1. The van der Waals surface area contributed by atoms with Crippen molar-refractivity contribution >= 4 is 32.1 Å². The fourth-order valence-electron chi connectivity index (χ4n) is 2.16. The number of aromatic nitrogens is 1. The molecule has 0 aliphatic heterocycles. The van der Waals surface area contributed by atoms with Crippen molar-refractivity contribution < 1.29 is 4.40 Å². The van der Waals surface area contributed by atoms with Gasteiger partial charge in [0, 0.05) is 30.8 Å². The van der Waals surface area contributed by atoms with Crippen LogP contribution in [0, 0.1) is 13.8 Å². The van der Waals surface area contributed by atoms with Crippen LogP contribution in [-0.4, -0.2) is 0 Å². The van der Waals surface area contributed by atoms with Crippen molar-refractivity contribution in [2.75, 3.05) is 5.73 Å². The zero-order chi connectivity index (χ0) is 11.3. The summed E-state index contributed by atoms with van der Waals surface area (Å²) in [5.74, 6) is 0. The molecule has 80 valence electrons. The second-order valence-electron chi connectivity index (χ2n) is 4.18. The number of aryl methyl sites for hydroxylation is 2. The van der Waals surface area contributed by atoms with Crippen molar-refractivity contribution in [2.24, 2.45) is 0 Å². The molecule has 0 radical (unpaired) electrons. The molecule has 0 saturated heterocycles. The van der Waals surface area contributed by atoms with E-state index in [1.54, 1.807) is 11.3 Å². The SMILES string of the molecule is Cc1cc(C)[n+]2c(c1)sc1cc(N)ccc12. The summed E-state index contributed by atoms with van der Waals surface area (Å²) in [5, 5.41) is 0. The van der Waals surface area contributed by atoms with Crippen molar-refractivity contribution in [2.45, 2.75) is 13.8 Å². The molecule has 1 aromatic carbocycles. The number of benzene rings is 1. The quantitative estimate of drug-likeness (QED) is 0.466. The first-order valence-electron chi connectivity index (χ1n) is 5.26. The van der Waals surface area contributed by atoms with E-state index in [1.165, 1.54) is 26.3 Å². The molecule has 0 aliphatic rings. The lowest BCUT2D eigenvalue weighted by molar-refractivity contribution is -0.486. The van der Waals surface area contributed by atoms with Gasteiger partial charge in [-0.15, -0.1) is 4.40 Å². The average Bonchev–Trinajstić information content (AvgIpc) is 2.54. The molecule has 0 fully saturated rings. The first-order chi connectivity index (χ1) is 7.65. The topological polar surface area (TPSA) is 30.1 Å². The maximum atomic E-state index is 5.81. The molecule has 0 atom stereocenters. The second-order valence-corrected chi connectivity index (χ2v) is 5.24. The molecule has 16 heavy (non-hydrogen) atoms. The van der Waals surface area contributed by atoms with Gasteiger partial charge in [0.05, 0.1) is 0 Å². The Morgan fingerprint density at radius 3 is 2.75 bits per heavy atom. The maximum absolute atomic E-state index is 5.81. The molecular formula is C13H13N2S+. The van der Waals surface area contributed by atoms with E-state index in [2.05, 4.69) is 36.4 Å². The van der Waals surface area contributed by atoms with Crippen LogP contribution in [-0.2, 0) is 0 Å². The minimum Gasteiger partial charge on any atom is -0.399 e. The molecule has 0 aliphatic carbocycles. The van der Waals surface area contributed by atoms with Crippen LogP contribution in [0.1, 0.15) is 11.3 Å². The van der Waals surface area contributed by atoms with Gasteiger partial charge < -0.3 is 5.73 Å². The fourth-order valence-corrected chi connectivity index (χ4v) is 3.43. The Balaban J connectivity index is 2.56. The summed E-state index contributed by atoms with van der Waals surface area (Å²) in [6.07, 6.45) is 0. The van der Waals surface area contributed by atoms with Crippen LogP contribution in [0.25, 0.3) is 15.0 Å². The summed E-state index contributed by atoms with van der Waals surface area (Å²) < 4.78 is 3.53. The summed E-state index contributed by atoms with van der Waals surface area (Å²) in [7, 11) is 0. The van der Waals surface area contributed by atoms with Gasteiger partial charge in [0.2, 0.25) is 5.52 Å². The molecule has 0 spiro atoms. The third-order valence-corrected chi connectivity index (χ3v) is 3.86. The minimum atomic E-state index is 0.828. The lowest BCUT2D eigenvalue weighted by Crippen LogP contribution is -2.23. The number of nitrogen functional groups attached to an aromatic ring is 1. The highest BCUT2D eigenvalue weighted by molar-refractivity contribution is 7.23. The normalized spacial score (nSPS) is 11.4. The summed E-state index contributed by atoms with van der Waals surface area (Å²) in [5.41, 5.74) is 10.5. The van der Waals surface area contributed by atoms with Gasteiger partial charge >= 0.3 is 0 Å². The number of anilines is 1. The smallest absolute Gasteiger partial charge is 0.268 e. The van der Waals surface area contributed by atoms with Crippen LogP contribution in [0.5, 0.6) is 0 Å². The number of pyridine rings is 1. The standard InChI is InChI=1S/C13H13N2S/c1-8-5-9(2)15-11-4-3-10(14)7-12(11)16-13(15)6-8/h3-7H,14H2,1-2H3/q+1. The maximum Gasteiger partial charge on any atom is 0.268 e. The molecular weight excluding hydrogens is 216 g/mol. The predicted octanol–water partition coefficient (Wildman–Crippen LogP) is 2.84. The zero-order valence-corrected chi connectivity index (χ0v) is 10.1. The van der Waals surface area contributed by atoms with E-state index in [4.69, 9.17) is 5.73 Å². The monoisotopic (exact) mass is 229 g/mol. The van der Waals surface area contributed by atoms with Crippen molar-refractivity contribution in [3.63, 3.8) is 0 Å². The number of nitrogens with zero attached hydrogens (tertiary/aromatic N) is 1. The largest absolute Gasteiger partial charge is 0.399 e. The Bertz CT molecular complexity index is 698. The summed E-state index contributed by atoms with van der Waals surface area (Å²) >= 11 is 1.79. The van der Waals surface area contributed by atoms with Crippen LogP contribution < -0.4 is 10.1 Å². The molecule has 2 aromatic heterocycles. The molecule has 3 rings (SSSR count). The summed E-state index contributed by atoms with van der Waals surface area (Å²) in [6, 6.07) is 10.5. The van der Waals surface area contributed by atoms with Crippen molar-refractivity contribution in [3.8, 4) is 0 Å². The van der Waals surface area contributed by atoms with Gasteiger partial charge in [-0.3, -0.25) is 0 Å². The van der Waals surface area contributed by atoms with Crippen LogP contribution >= 0.6 is 11.3 Å². The Morgan fingerprint density at radius 1 is 1.12 bits per heavy atom. The molecule has 2 N–H and O–H groups in total. The molecule has 0 bridgehead atoms. The number of fused-ring (bicyclic) bond motifs is 3. The van der Waals surface area contributed by atoms with E-state index in [9.17, 15) is 0 Å². The first-order valence-corrected chi connectivity index (χ1v) is 6.08. The van der Waals surface area contributed by atoms with Crippen molar-refractivity contribution in [1.82, 2.24) is 0 Å². The first kappa shape index (κ1) is 9.60. The van der Waals surface area contributed by atoms with Gasteiger partial charge in [0.15, 0.2) is 5.69 Å². The Hall–Kier alpha value is -1.61. The van der Waals surface area contributed by atoms with E-state index in [0.717, 1.165) is 5.69 Å². The van der Waals surface area contributed by atoms with E-state index in [0.29, 0.717) is 0 Å². The van der Waals surface area contributed by atoms with Gasteiger partial charge in [-0.05, 0) is 24.6 Å². The van der Waals surface area contributed by atoms with Crippen LogP contribution in [0.2, 0.25) is 0 Å². The Labute approximate surface area is 98.0 Å². The van der Waals surface area contributed by atoms with E-state index >= 15 is 0 Å². The summed E-state index contributed by atoms with van der Waals surface area (Å²) in [6.45, 7) is 4.27. The minimum absolute atomic E-state index is 0.828. The lowest BCUT2D eigenvalue weighted by Gasteiger charge is -1.93. The van der Waals surface area contributed by atoms with Gasteiger partial charge in [0.1, 0.15) is 4.70 Å². The molecule has 0 amide bonds. The highest BCUT2D eigenvalue weighted by Crippen LogP contribution is 2.24. The van der Waals surface area contributed by atoms with Gasteiger partial charge in [-0.2, -0.15) is 0 Å². The van der Waals surface area contributed by atoms with Crippen LogP contribution in [0.3, 0.4) is 0 Å². The molecule has 2 heterocycles. The lowest BCUT2D eigenvalue weighted by atomic mass is 10.2. The molecule has 0 saturated carbocycles. The number of nitrogens with two attached hydrogens (primary N) is 1. The third-order valence-electron chi connectivity index (χ3n) is 2.80. The fraction of sp³-hybridized carbons (Fsp3) is 0.154. The number of thiazole rings is 1. The van der Waals surface area contributed by atoms with Crippen molar-refractivity contribution in [3.05, 3.63) is 41.6 Å². The van der Waals surface area contributed by atoms with Crippen LogP contribution in [0.4, 0.5) is 5.69 Å². The molecule has 2 nitrogen and oxygen atoms in total. The highest BCUT2D eigenvalue weighted by atomic mass is 32.1. The Kier molecular flexibility index (Phi) is 1.91. The molecule has 0 unspecified atom stereocenters. The van der Waals surface area contributed by atoms with Gasteiger partial charge in [0.25, 0.3) is 4.83 Å². The third kappa shape index (κ3) is 1.28. The highest BCUT2D eigenvalue weighted by Gasteiger charge is 2.16.